The van der Waals surface area contributed by atoms with Gasteiger partial charge in [-0.2, -0.15) is 0 Å². The minimum Gasteiger partial charge on any atom is -0.496 e. The van der Waals surface area contributed by atoms with E-state index in [0.29, 0.717) is 12.2 Å². The van der Waals surface area contributed by atoms with E-state index < -0.39 is 5.97 Å². The largest absolute Gasteiger partial charge is 0.496 e. The van der Waals surface area contributed by atoms with E-state index in [0.717, 1.165) is 18.4 Å². The van der Waals surface area contributed by atoms with Gasteiger partial charge in [0.05, 0.1) is 13.0 Å². The van der Waals surface area contributed by atoms with Crippen molar-refractivity contribution >= 4 is 5.97 Å². The van der Waals surface area contributed by atoms with Crippen molar-refractivity contribution in [2.45, 2.75) is 19.3 Å². The molecule has 1 N–H and O–H groups in total. The number of hydrogen-bond donors (Lipinski definition) is 1. The number of carbonyl (C=O) groups is 1. The summed E-state index contributed by atoms with van der Waals surface area (Å²) >= 11 is 0. The van der Waals surface area contributed by atoms with Crippen LogP contribution in [0, 0.1) is 17.7 Å². The fraction of sp³-hybridized carbons (Fsp3) is 0.462. The number of carboxylic acid groups (broad SMARTS) is 1. The van der Waals surface area contributed by atoms with Gasteiger partial charge in [0.1, 0.15) is 11.6 Å². The number of methoxy groups -OCH3 is 1. The second-order valence-electron chi connectivity index (χ2n) is 4.44. The second kappa shape index (κ2) is 4.73. The van der Waals surface area contributed by atoms with Gasteiger partial charge in [0.2, 0.25) is 0 Å². The van der Waals surface area contributed by atoms with E-state index in [4.69, 9.17) is 9.84 Å². The van der Waals surface area contributed by atoms with Gasteiger partial charge in [0.25, 0.3) is 0 Å². The summed E-state index contributed by atoms with van der Waals surface area (Å²) in [5.74, 6) is -0.304. The highest BCUT2D eigenvalue weighted by atomic mass is 19.1. The van der Waals surface area contributed by atoms with E-state index in [1.54, 1.807) is 13.2 Å². The maximum absolute atomic E-state index is 13.1. The van der Waals surface area contributed by atoms with Crippen LogP contribution in [0.5, 0.6) is 5.75 Å². The van der Waals surface area contributed by atoms with Crippen molar-refractivity contribution in [3.63, 3.8) is 0 Å². The molecule has 17 heavy (non-hydrogen) atoms. The molecule has 0 saturated heterocycles. The summed E-state index contributed by atoms with van der Waals surface area (Å²) in [5, 5.41) is 8.78. The van der Waals surface area contributed by atoms with E-state index in [9.17, 15) is 9.18 Å². The third-order valence-electron chi connectivity index (χ3n) is 3.27. The lowest BCUT2D eigenvalue weighted by Crippen LogP contribution is -2.01. The average molecular weight is 238 g/mol. The topological polar surface area (TPSA) is 46.5 Å². The summed E-state index contributed by atoms with van der Waals surface area (Å²) in [7, 11) is 1.55. The Morgan fingerprint density at radius 1 is 1.59 bits per heavy atom. The van der Waals surface area contributed by atoms with Crippen LogP contribution in [-0.4, -0.2) is 18.2 Å². The number of benzene rings is 1. The Labute approximate surface area is 99.2 Å². The van der Waals surface area contributed by atoms with E-state index in [-0.39, 0.29) is 17.7 Å². The minimum absolute atomic E-state index is 0.199. The molecule has 1 aliphatic carbocycles. The predicted octanol–water partition coefficient (Wildman–Crippen LogP) is 2.49. The Balaban J connectivity index is 1.95. The molecular weight excluding hydrogens is 223 g/mol. The zero-order valence-corrected chi connectivity index (χ0v) is 9.65. The first-order valence-electron chi connectivity index (χ1n) is 5.67. The molecule has 0 radical (unpaired) electrons. The van der Waals surface area contributed by atoms with Gasteiger partial charge >= 0.3 is 5.97 Å². The van der Waals surface area contributed by atoms with Gasteiger partial charge in [-0.1, -0.05) is 0 Å². The Hall–Kier alpha value is -1.58. The SMILES string of the molecule is COc1ccc(F)cc1CCC1CC1C(=O)O. The van der Waals surface area contributed by atoms with Gasteiger partial charge < -0.3 is 9.84 Å². The van der Waals surface area contributed by atoms with Gasteiger partial charge in [-0.15, -0.1) is 0 Å². The van der Waals surface area contributed by atoms with Gasteiger partial charge in [-0.3, -0.25) is 4.79 Å². The van der Waals surface area contributed by atoms with Crippen LogP contribution in [0.4, 0.5) is 4.39 Å². The molecule has 2 rings (SSSR count). The molecule has 1 aromatic carbocycles. The van der Waals surface area contributed by atoms with Crippen molar-refractivity contribution in [1.82, 2.24) is 0 Å². The fourth-order valence-corrected chi connectivity index (χ4v) is 2.15. The molecule has 1 aromatic rings. The molecular formula is C13H15FO3. The Kier molecular flexibility index (Phi) is 3.31. The molecule has 1 aliphatic rings. The highest BCUT2D eigenvalue weighted by molar-refractivity contribution is 5.73. The van der Waals surface area contributed by atoms with Gasteiger partial charge in [-0.25, -0.2) is 4.39 Å². The van der Waals surface area contributed by atoms with Crippen molar-refractivity contribution in [1.29, 1.82) is 0 Å². The zero-order chi connectivity index (χ0) is 12.4. The fourth-order valence-electron chi connectivity index (χ4n) is 2.15. The highest BCUT2D eigenvalue weighted by Gasteiger charge is 2.42. The summed E-state index contributed by atoms with van der Waals surface area (Å²) in [6, 6.07) is 4.42. The molecule has 0 amide bonds. The van der Waals surface area contributed by atoms with Crippen LogP contribution < -0.4 is 4.74 Å². The number of aliphatic carboxylic acids is 1. The molecule has 3 nitrogen and oxygen atoms in total. The molecule has 0 spiro atoms. The van der Waals surface area contributed by atoms with Crippen LogP contribution in [0.25, 0.3) is 0 Å². The van der Waals surface area contributed by atoms with Crippen LogP contribution in [0.3, 0.4) is 0 Å². The lowest BCUT2D eigenvalue weighted by molar-refractivity contribution is -0.138. The Morgan fingerprint density at radius 2 is 2.35 bits per heavy atom. The first-order chi connectivity index (χ1) is 8.11. The van der Waals surface area contributed by atoms with E-state index in [1.807, 2.05) is 0 Å². The van der Waals surface area contributed by atoms with Crippen LogP contribution in [-0.2, 0) is 11.2 Å². The zero-order valence-electron chi connectivity index (χ0n) is 9.65. The minimum atomic E-state index is -0.721. The molecule has 1 fully saturated rings. The quantitative estimate of drug-likeness (QED) is 0.857. The molecule has 1 saturated carbocycles. The molecule has 0 heterocycles. The lowest BCUT2D eigenvalue weighted by Gasteiger charge is -2.08. The molecule has 2 atom stereocenters. The molecule has 0 bridgehead atoms. The first-order valence-corrected chi connectivity index (χ1v) is 5.67. The molecule has 0 aliphatic heterocycles. The maximum atomic E-state index is 13.1. The van der Waals surface area contributed by atoms with Crippen molar-refractivity contribution in [3.8, 4) is 5.75 Å². The number of hydrogen-bond acceptors (Lipinski definition) is 2. The monoisotopic (exact) mass is 238 g/mol. The predicted molar refractivity (Wildman–Crippen MR) is 60.5 cm³/mol. The average Bonchev–Trinajstić information content (AvgIpc) is 3.06. The second-order valence-corrected chi connectivity index (χ2v) is 4.44. The molecule has 92 valence electrons. The molecule has 2 unspecified atom stereocenters. The Bertz CT molecular complexity index is 431. The third-order valence-corrected chi connectivity index (χ3v) is 3.27. The van der Waals surface area contributed by atoms with E-state index in [1.165, 1.54) is 12.1 Å². The normalized spacial score (nSPS) is 22.2. The van der Waals surface area contributed by atoms with Gasteiger partial charge in [0, 0.05) is 0 Å². The summed E-state index contributed by atoms with van der Waals surface area (Å²) in [4.78, 5) is 10.7. The summed E-state index contributed by atoms with van der Waals surface area (Å²) in [5.41, 5.74) is 0.809. The van der Waals surface area contributed by atoms with Gasteiger partial charge in [0.15, 0.2) is 0 Å². The van der Waals surface area contributed by atoms with Crippen LogP contribution in [0.2, 0.25) is 0 Å². The number of ether oxygens (including phenoxy) is 1. The lowest BCUT2D eigenvalue weighted by atomic mass is 10.1. The summed E-state index contributed by atoms with van der Waals surface area (Å²) in [6.07, 6.45) is 2.18. The van der Waals surface area contributed by atoms with Crippen LogP contribution >= 0.6 is 0 Å². The number of carboxylic acids is 1. The number of halogens is 1. The smallest absolute Gasteiger partial charge is 0.306 e. The molecule has 0 aromatic heterocycles. The summed E-state index contributed by atoms with van der Waals surface area (Å²) in [6.45, 7) is 0. The standard InChI is InChI=1S/C13H15FO3/c1-17-12-5-4-10(14)6-9(12)3-2-8-7-11(8)13(15)16/h4-6,8,11H,2-3,7H2,1H3,(H,15,16). The third kappa shape index (κ3) is 2.75. The van der Waals surface area contributed by atoms with E-state index >= 15 is 0 Å². The van der Waals surface area contributed by atoms with Crippen LogP contribution in [0.1, 0.15) is 18.4 Å². The number of aryl methyl sites for hydroxylation is 1. The van der Waals surface area contributed by atoms with Crippen molar-refractivity contribution in [3.05, 3.63) is 29.6 Å². The van der Waals surface area contributed by atoms with Crippen LogP contribution in [0.15, 0.2) is 18.2 Å². The van der Waals surface area contributed by atoms with Crippen molar-refractivity contribution in [2.24, 2.45) is 11.8 Å². The maximum Gasteiger partial charge on any atom is 0.306 e. The first kappa shape index (κ1) is 11.9. The van der Waals surface area contributed by atoms with Crippen molar-refractivity contribution < 1.29 is 19.0 Å². The van der Waals surface area contributed by atoms with Gasteiger partial charge in [-0.05, 0) is 48.9 Å². The Morgan fingerprint density at radius 3 is 2.94 bits per heavy atom. The van der Waals surface area contributed by atoms with E-state index in [2.05, 4.69) is 0 Å². The number of rotatable bonds is 5. The van der Waals surface area contributed by atoms with Crippen molar-refractivity contribution in [2.75, 3.05) is 7.11 Å². The summed E-state index contributed by atoms with van der Waals surface area (Å²) < 4.78 is 18.2. The highest BCUT2D eigenvalue weighted by Crippen LogP contribution is 2.42. The molecule has 4 heteroatoms.